The Morgan fingerprint density at radius 1 is 1.15 bits per heavy atom. The molecule has 0 heterocycles. The fourth-order valence-corrected chi connectivity index (χ4v) is 6.64. The van der Waals surface area contributed by atoms with Crippen LogP contribution in [-0.4, -0.2) is 49.0 Å². The number of hydrogen-bond acceptors (Lipinski definition) is 6. The molecule has 41 heavy (non-hydrogen) atoms. The molecule has 228 valence electrons. The van der Waals surface area contributed by atoms with Gasteiger partial charge in [0.05, 0.1) is 6.10 Å². The topological polar surface area (TPSA) is 137 Å². The van der Waals surface area contributed by atoms with E-state index in [1.54, 1.807) is 20.1 Å². The molecule has 3 rings (SSSR count). The number of nitrogens with zero attached hydrogens (tertiary/aromatic N) is 1. The molecule has 3 unspecified atom stereocenters. The van der Waals surface area contributed by atoms with E-state index >= 15 is 0 Å². The fourth-order valence-electron chi connectivity index (χ4n) is 6.64. The summed E-state index contributed by atoms with van der Waals surface area (Å²) in [5.41, 5.74) is 14.2. The molecule has 1 fully saturated rings. The van der Waals surface area contributed by atoms with Crippen molar-refractivity contribution in [2.75, 3.05) is 20.3 Å². The van der Waals surface area contributed by atoms with Crippen molar-refractivity contribution >= 4 is 17.5 Å². The predicted octanol–water partition coefficient (Wildman–Crippen LogP) is 5.51. The number of benzene rings is 1. The Morgan fingerprint density at radius 3 is 2.56 bits per heavy atom. The second-order valence-corrected chi connectivity index (χ2v) is 11.8. The SMILES string of the molecule is CCCC=CC(=O)CCc1cc(OC2CCCC2)c(O)c2c1CCC(CCN=C(N)N)C(COC)C2CCC(C)=O. The molecular weight excluding hydrogens is 518 g/mol. The second-order valence-electron chi connectivity index (χ2n) is 11.8. The van der Waals surface area contributed by atoms with Crippen LogP contribution in [0.3, 0.4) is 0 Å². The third-order valence-electron chi connectivity index (χ3n) is 8.72. The van der Waals surface area contributed by atoms with Gasteiger partial charge in [-0.25, -0.2) is 0 Å². The Labute approximate surface area is 246 Å². The third kappa shape index (κ3) is 9.59. The number of phenolic OH excluding ortho intramolecular Hbond substituents is 1. The number of carbonyl (C=O) groups is 2. The molecule has 0 amide bonds. The highest BCUT2D eigenvalue weighted by Gasteiger charge is 2.38. The molecule has 0 saturated heterocycles. The van der Waals surface area contributed by atoms with Crippen LogP contribution in [0.15, 0.2) is 23.2 Å². The molecular formula is C33H51N3O5. The van der Waals surface area contributed by atoms with E-state index in [2.05, 4.69) is 11.9 Å². The smallest absolute Gasteiger partial charge is 0.185 e. The molecule has 2 aliphatic carbocycles. The van der Waals surface area contributed by atoms with E-state index in [1.165, 1.54) is 0 Å². The standard InChI is InChI=1S/C33H51N3O5/c1-4-5-6-9-25(38)15-13-24-20-30(41-26-10-7-8-11-26)32(39)31-27(24)17-14-23(18-19-36-33(34)35)29(21-40-3)28(31)16-12-22(2)37/h6,9,20,23,26,28-29,39H,4-5,7-8,10-19,21H2,1-3H3,(H4,34,35,36). The van der Waals surface area contributed by atoms with Gasteiger partial charge in [-0.05, 0) is 112 Å². The fraction of sp³-hybridized carbons (Fsp3) is 0.667. The highest BCUT2D eigenvalue weighted by molar-refractivity contribution is 5.89. The minimum Gasteiger partial charge on any atom is -0.504 e. The van der Waals surface area contributed by atoms with Gasteiger partial charge in [-0.1, -0.05) is 19.4 Å². The molecule has 0 aliphatic heterocycles. The molecule has 1 aromatic rings. The van der Waals surface area contributed by atoms with Gasteiger partial charge in [0, 0.05) is 38.7 Å². The molecule has 8 heteroatoms. The molecule has 0 bridgehead atoms. The van der Waals surface area contributed by atoms with E-state index in [1.807, 2.05) is 12.1 Å². The molecule has 1 saturated carbocycles. The number of phenols is 1. The van der Waals surface area contributed by atoms with Gasteiger partial charge < -0.3 is 30.8 Å². The monoisotopic (exact) mass is 569 g/mol. The molecule has 2 aliphatic rings. The highest BCUT2D eigenvalue weighted by Crippen LogP contribution is 2.50. The van der Waals surface area contributed by atoms with Crippen molar-refractivity contribution in [1.82, 2.24) is 0 Å². The number of ketones is 2. The Balaban J connectivity index is 2.08. The van der Waals surface area contributed by atoms with Crippen molar-refractivity contribution in [3.05, 3.63) is 34.9 Å². The van der Waals surface area contributed by atoms with Crippen molar-refractivity contribution < 1.29 is 24.2 Å². The number of rotatable bonds is 16. The lowest BCUT2D eigenvalue weighted by Crippen LogP contribution is -2.28. The summed E-state index contributed by atoms with van der Waals surface area (Å²) in [6, 6.07) is 1.97. The summed E-state index contributed by atoms with van der Waals surface area (Å²) in [5.74, 6) is 1.17. The van der Waals surface area contributed by atoms with Gasteiger partial charge in [0.1, 0.15) is 5.78 Å². The quantitative estimate of drug-likeness (QED) is 0.103. The number of ether oxygens (including phenoxy) is 2. The normalized spacial score (nSPS) is 21.0. The first-order valence-corrected chi connectivity index (χ1v) is 15.5. The van der Waals surface area contributed by atoms with Crippen LogP contribution in [0.25, 0.3) is 0 Å². The van der Waals surface area contributed by atoms with Gasteiger partial charge in [-0.2, -0.15) is 0 Å². The number of hydrogen-bond donors (Lipinski definition) is 3. The summed E-state index contributed by atoms with van der Waals surface area (Å²) in [5, 5.41) is 11.8. The van der Waals surface area contributed by atoms with E-state index in [0.29, 0.717) is 44.6 Å². The molecule has 0 radical (unpaired) electrons. The lowest BCUT2D eigenvalue weighted by atomic mass is 9.74. The number of unbranched alkanes of at least 4 members (excludes halogenated alkanes) is 1. The van der Waals surface area contributed by atoms with Crippen molar-refractivity contribution in [3.63, 3.8) is 0 Å². The van der Waals surface area contributed by atoms with Crippen LogP contribution in [0, 0.1) is 11.8 Å². The van der Waals surface area contributed by atoms with Crippen molar-refractivity contribution in [1.29, 1.82) is 0 Å². The molecule has 8 nitrogen and oxygen atoms in total. The number of nitrogens with two attached hydrogens (primary N) is 2. The number of Topliss-reactive ketones (excluding diaryl/α,β-unsaturated/α-hetero) is 1. The molecule has 3 atom stereocenters. The number of carbonyl (C=O) groups excluding carboxylic acids is 2. The summed E-state index contributed by atoms with van der Waals surface area (Å²) < 4.78 is 12.2. The summed E-state index contributed by atoms with van der Waals surface area (Å²) in [4.78, 5) is 29.2. The van der Waals surface area contributed by atoms with Crippen LogP contribution in [0.1, 0.15) is 107 Å². The van der Waals surface area contributed by atoms with E-state index in [4.69, 9.17) is 20.9 Å². The summed E-state index contributed by atoms with van der Waals surface area (Å²) in [6.07, 6.45) is 14.2. The Bertz CT molecular complexity index is 1070. The maximum Gasteiger partial charge on any atom is 0.185 e. The van der Waals surface area contributed by atoms with Gasteiger partial charge in [0.2, 0.25) is 0 Å². The predicted molar refractivity (Wildman–Crippen MR) is 163 cm³/mol. The van der Waals surface area contributed by atoms with Gasteiger partial charge in [0.25, 0.3) is 0 Å². The number of aryl methyl sites for hydroxylation is 1. The van der Waals surface area contributed by atoms with Crippen LogP contribution in [0.2, 0.25) is 0 Å². The minimum atomic E-state index is -0.105. The molecule has 0 spiro atoms. The largest absolute Gasteiger partial charge is 0.504 e. The average Bonchev–Trinajstić information content (AvgIpc) is 3.39. The summed E-state index contributed by atoms with van der Waals surface area (Å²) in [7, 11) is 1.70. The van der Waals surface area contributed by atoms with Crippen molar-refractivity contribution in [2.45, 2.75) is 109 Å². The van der Waals surface area contributed by atoms with Crippen molar-refractivity contribution in [2.24, 2.45) is 28.3 Å². The number of guanidine groups is 1. The zero-order valence-corrected chi connectivity index (χ0v) is 25.3. The number of allylic oxidation sites excluding steroid dienone is 2. The number of aliphatic imine (C=N–C) groups is 1. The minimum absolute atomic E-state index is 0.0638. The molecule has 5 N–H and O–H groups in total. The van der Waals surface area contributed by atoms with Gasteiger partial charge in [-0.15, -0.1) is 0 Å². The highest BCUT2D eigenvalue weighted by atomic mass is 16.5. The number of methoxy groups -OCH3 is 1. The van der Waals surface area contributed by atoms with E-state index < -0.39 is 0 Å². The van der Waals surface area contributed by atoms with Gasteiger partial charge >= 0.3 is 0 Å². The van der Waals surface area contributed by atoms with Gasteiger partial charge in [0.15, 0.2) is 23.2 Å². The van der Waals surface area contributed by atoms with Crippen LogP contribution < -0.4 is 16.2 Å². The van der Waals surface area contributed by atoms with Crippen LogP contribution >= 0.6 is 0 Å². The zero-order chi connectivity index (χ0) is 29.8. The van der Waals surface area contributed by atoms with Crippen molar-refractivity contribution in [3.8, 4) is 11.5 Å². The summed E-state index contributed by atoms with van der Waals surface area (Å²) >= 11 is 0. The third-order valence-corrected chi connectivity index (χ3v) is 8.72. The zero-order valence-electron chi connectivity index (χ0n) is 25.3. The number of fused-ring (bicyclic) bond motifs is 1. The van der Waals surface area contributed by atoms with E-state index in [9.17, 15) is 14.7 Å². The Morgan fingerprint density at radius 2 is 1.90 bits per heavy atom. The maximum absolute atomic E-state index is 12.7. The lowest BCUT2D eigenvalue weighted by Gasteiger charge is -2.33. The first-order valence-electron chi connectivity index (χ1n) is 15.5. The molecule has 0 aromatic heterocycles. The van der Waals surface area contributed by atoms with Crippen LogP contribution in [-0.2, 0) is 27.2 Å². The van der Waals surface area contributed by atoms with Gasteiger partial charge in [-0.3, -0.25) is 9.79 Å². The van der Waals surface area contributed by atoms with E-state index in [-0.39, 0.29) is 47.1 Å². The first kappa shape index (κ1) is 32.6. The first-order chi connectivity index (χ1) is 19.7. The van der Waals surface area contributed by atoms with Crippen LogP contribution in [0.4, 0.5) is 0 Å². The maximum atomic E-state index is 12.7. The Hall–Kier alpha value is -2.87. The molecule has 1 aromatic carbocycles. The number of aromatic hydroxyl groups is 1. The lowest BCUT2D eigenvalue weighted by molar-refractivity contribution is -0.117. The van der Waals surface area contributed by atoms with E-state index in [0.717, 1.165) is 74.5 Å². The summed E-state index contributed by atoms with van der Waals surface area (Å²) in [6.45, 7) is 4.71. The second kappa shape index (κ2) is 16.5. The van der Waals surface area contributed by atoms with Crippen LogP contribution in [0.5, 0.6) is 11.5 Å². The average molecular weight is 570 g/mol. The Kier molecular flexibility index (Phi) is 13.2.